The number of allylic oxidation sites excluding steroid dienone is 2. The fraction of sp³-hybridized carbons (Fsp3) is 0.778. The second-order valence-corrected chi connectivity index (χ2v) is 12.2. The average molecular weight is 456 g/mol. The van der Waals surface area contributed by atoms with Gasteiger partial charge in [-0.05, 0) is 68.1 Å². The Morgan fingerprint density at radius 1 is 1.21 bits per heavy atom. The van der Waals surface area contributed by atoms with E-state index in [0.717, 1.165) is 49.9 Å². The largest absolute Gasteiger partial charge is 0.389 e. The molecule has 3 aliphatic rings. The zero-order valence-corrected chi connectivity index (χ0v) is 21.9. The van der Waals surface area contributed by atoms with Crippen LogP contribution in [0, 0.1) is 28.1 Å². The molecule has 1 aromatic rings. The summed E-state index contributed by atoms with van der Waals surface area (Å²) in [6.07, 6.45) is 11.9. The number of nitrogens with one attached hydrogen (secondary N) is 1. The molecule has 2 fully saturated rings. The molecule has 6 heteroatoms. The molecule has 1 aromatic heterocycles. The van der Waals surface area contributed by atoms with E-state index in [2.05, 4.69) is 57.7 Å². The predicted molar refractivity (Wildman–Crippen MR) is 136 cm³/mol. The molecule has 2 N–H and O–H groups in total. The van der Waals surface area contributed by atoms with Gasteiger partial charge in [0, 0.05) is 14.1 Å². The zero-order chi connectivity index (χ0) is 24.2. The molecule has 0 amide bonds. The summed E-state index contributed by atoms with van der Waals surface area (Å²) in [4.78, 5) is 4.10. The van der Waals surface area contributed by atoms with E-state index in [0.29, 0.717) is 30.9 Å². The van der Waals surface area contributed by atoms with Crippen LogP contribution in [-0.2, 0) is 6.54 Å². The van der Waals surface area contributed by atoms with Crippen molar-refractivity contribution in [3.63, 3.8) is 0 Å². The number of nitrogens with zero attached hydrogens (tertiary/aromatic N) is 4. The molecule has 33 heavy (non-hydrogen) atoms. The maximum atomic E-state index is 11.9. The quantitative estimate of drug-likeness (QED) is 0.594. The van der Waals surface area contributed by atoms with Gasteiger partial charge in [-0.3, -0.25) is 10.1 Å². The highest BCUT2D eigenvalue weighted by molar-refractivity contribution is 6.01. The monoisotopic (exact) mass is 455 g/mol. The molecule has 1 aliphatic heterocycles. The van der Waals surface area contributed by atoms with E-state index in [4.69, 9.17) is 5.41 Å². The van der Waals surface area contributed by atoms with Gasteiger partial charge in [0.25, 0.3) is 0 Å². The Bertz CT molecular complexity index is 933. The number of aliphatic hydroxyl groups is 1. The van der Waals surface area contributed by atoms with Crippen molar-refractivity contribution in [3.05, 3.63) is 23.5 Å². The second-order valence-electron chi connectivity index (χ2n) is 12.2. The molecule has 4 rings (SSSR count). The van der Waals surface area contributed by atoms with Gasteiger partial charge in [0.1, 0.15) is 11.5 Å². The third-order valence-corrected chi connectivity index (χ3v) is 9.86. The number of anilines is 1. The Morgan fingerprint density at radius 2 is 1.94 bits per heavy atom. The highest BCUT2D eigenvalue weighted by atomic mass is 16.3. The summed E-state index contributed by atoms with van der Waals surface area (Å²) in [7, 11) is 4.01. The van der Waals surface area contributed by atoms with Crippen molar-refractivity contribution in [1.82, 2.24) is 14.7 Å². The molecular formula is C27H45N5O. The minimum absolute atomic E-state index is 0.00612. The topological polar surface area (TPSA) is 68.4 Å². The summed E-state index contributed by atoms with van der Waals surface area (Å²) in [5, 5.41) is 25.0. The van der Waals surface area contributed by atoms with Crippen molar-refractivity contribution in [2.75, 3.05) is 25.7 Å². The number of amidine groups is 1. The van der Waals surface area contributed by atoms with Gasteiger partial charge in [-0.15, -0.1) is 0 Å². The lowest BCUT2D eigenvalue weighted by molar-refractivity contribution is -0.212. The molecule has 2 aliphatic carbocycles. The molecule has 2 saturated carbocycles. The minimum Gasteiger partial charge on any atom is -0.389 e. The summed E-state index contributed by atoms with van der Waals surface area (Å²) in [5.41, 5.74) is 2.95. The fourth-order valence-electron chi connectivity index (χ4n) is 7.09. The highest BCUT2D eigenvalue weighted by Crippen LogP contribution is 2.62. The number of hydrogen-bond acceptors (Lipinski definition) is 4. The average Bonchev–Trinajstić information content (AvgIpc) is 3.18. The molecule has 0 bridgehead atoms. The molecule has 2 heterocycles. The molecule has 184 valence electrons. The van der Waals surface area contributed by atoms with Crippen LogP contribution in [0.3, 0.4) is 0 Å². The van der Waals surface area contributed by atoms with Crippen molar-refractivity contribution >= 4 is 11.5 Å². The Hall–Kier alpha value is -1.82. The first-order valence-electron chi connectivity index (χ1n) is 12.9. The smallest absolute Gasteiger partial charge is 0.150 e. The van der Waals surface area contributed by atoms with Gasteiger partial charge in [-0.25, -0.2) is 0 Å². The Balaban J connectivity index is 1.47. The molecule has 1 unspecified atom stereocenters. The van der Waals surface area contributed by atoms with Crippen LogP contribution < -0.4 is 4.90 Å². The maximum Gasteiger partial charge on any atom is 0.150 e. The van der Waals surface area contributed by atoms with Gasteiger partial charge >= 0.3 is 0 Å². The minimum atomic E-state index is -0.531. The van der Waals surface area contributed by atoms with E-state index in [-0.39, 0.29) is 10.8 Å². The van der Waals surface area contributed by atoms with Crippen molar-refractivity contribution < 1.29 is 5.11 Å². The second kappa shape index (κ2) is 8.44. The van der Waals surface area contributed by atoms with Crippen molar-refractivity contribution in [3.8, 4) is 0 Å². The van der Waals surface area contributed by atoms with Crippen LogP contribution in [0.2, 0.25) is 0 Å². The lowest BCUT2D eigenvalue weighted by Crippen LogP contribution is -2.62. The Labute approximate surface area is 200 Å². The van der Waals surface area contributed by atoms with Gasteiger partial charge in [-0.1, -0.05) is 45.8 Å². The van der Waals surface area contributed by atoms with Crippen molar-refractivity contribution in [2.45, 2.75) is 91.7 Å². The van der Waals surface area contributed by atoms with E-state index in [1.54, 1.807) is 0 Å². The lowest BCUT2D eigenvalue weighted by Gasteiger charge is -2.62. The molecule has 0 aromatic carbocycles. The van der Waals surface area contributed by atoms with Gasteiger partial charge < -0.3 is 14.9 Å². The summed E-state index contributed by atoms with van der Waals surface area (Å²) in [5.74, 6) is 1.55. The van der Waals surface area contributed by atoms with E-state index in [1.165, 1.54) is 12.0 Å². The van der Waals surface area contributed by atoms with E-state index >= 15 is 0 Å². The number of hydrogen-bond donors (Lipinski definition) is 2. The van der Waals surface area contributed by atoms with Crippen molar-refractivity contribution in [2.24, 2.45) is 22.7 Å². The molecule has 0 radical (unpaired) electrons. The van der Waals surface area contributed by atoms with E-state index < -0.39 is 5.60 Å². The summed E-state index contributed by atoms with van der Waals surface area (Å²) in [6.45, 7) is 13.1. The van der Waals surface area contributed by atoms with Crippen LogP contribution >= 0.6 is 0 Å². The standard InChI is InChI=1S/C27H45N5O/c1-19(12-16-32-23-21(17-29-32)30(6)18-31(7)24(23)28)10-14-26(5)20(2)11-15-27(33)22(26)9-8-13-25(27,3)4/h12,17,20,22,28,33H,8-11,13-16,18H2,1-7H3/b19-12+,28-24?/t20-,22?,26+,27+/m1/s1. The normalized spacial score (nSPS) is 34.3. The van der Waals surface area contributed by atoms with Gasteiger partial charge in [-0.2, -0.15) is 5.10 Å². The number of aromatic nitrogens is 2. The summed E-state index contributed by atoms with van der Waals surface area (Å²) in [6, 6.07) is 0. The number of rotatable bonds is 5. The van der Waals surface area contributed by atoms with Crippen LogP contribution in [0.5, 0.6) is 0 Å². The summed E-state index contributed by atoms with van der Waals surface area (Å²) < 4.78 is 1.96. The third kappa shape index (κ3) is 3.92. The van der Waals surface area contributed by atoms with Crippen LogP contribution in [0.15, 0.2) is 17.8 Å². The zero-order valence-electron chi connectivity index (χ0n) is 21.9. The summed E-state index contributed by atoms with van der Waals surface area (Å²) >= 11 is 0. The fourth-order valence-corrected chi connectivity index (χ4v) is 7.09. The Morgan fingerprint density at radius 3 is 2.67 bits per heavy atom. The lowest BCUT2D eigenvalue weighted by atomic mass is 9.45. The van der Waals surface area contributed by atoms with E-state index in [1.807, 2.05) is 22.8 Å². The van der Waals surface area contributed by atoms with Crippen molar-refractivity contribution in [1.29, 1.82) is 5.41 Å². The molecule has 0 spiro atoms. The molecule has 0 saturated heterocycles. The van der Waals surface area contributed by atoms with Gasteiger partial charge in [0.05, 0.1) is 30.7 Å². The van der Waals surface area contributed by atoms with E-state index in [9.17, 15) is 5.11 Å². The highest BCUT2D eigenvalue weighted by Gasteiger charge is 2.60. The van der Waals surface area contributed by atoms with Crippen LogP contribution in [0.25, 0.3) is 0 Å². The SMILES string of the molecule is C/C(=C\Cn1ncc2c1C(=N)N(C)CN2C)CC[C@]1(C)C2CCCC(C)(C)[C@]2(O)CC[C@H]1C. The molecular weight excluding hydrogens is 410 g/mol. The molecule has 4 atom stereocenters. The Kier molecular flexibility index (Phi) is 6.22. The van der Waals surface area contributed by atoms with Crippen LogP contribution in [-0.4, -0.2) is 52.0 Å². The molecule has 6 nitrogen and oxygen atoms in total. The predicted octanol–water partition coefficient (Wildman–Crippen LogP) is 5.27. The van der Waals surface area contributed by atoms with Gasteiger partial charge in [0.2, 0.25) is 0 Å². The van der Waals surface area contributed by atoms with Crippen LogP contribution in [0.1, 0.15) is 85.3 Å². The number of fused-ring (bicyclic) bond motifs is 2. The first-order valence-corrected chi connectivity index (χ1v) is 12.9. The first-order chi connectivity index (χ1) is 15.4. The van der Waals surface area contributed by atoms with Gasteiger partial charge in [0.15, 0.2) is 0 Å². The third-order valence-electron chi connectivity index (χ3n) is 9.86. The maximum absolute atomic E-state index is 11.9. The first kappa shape index (κ1) is 24.3. The van der Waals surface area contributed by atoms with Crippen LogP contribution in [0.4, 0.5) is 5.69 Å².